The molecule has 0 radical (unpaired) electrons. The van der Waals surface area contributed by atoms with Gasteiger partial charge in [0.2, 0.25) is 0 Å². The molecule has 0 amide bonds. The minimum atomic E-state index is -3.48. The molecule has 1 saturated carbocycles. The summed E-state index contributed by atoms with van der Waals surface area (Å²) in [6, 6.07) is 9.01. The van der Waals surface area contributed by atoms with Gasteiger partial charge in [-0.25, -0.2) is 8.42 Å². The first kappa shape index (κ1) is 31.7. The minimum Gasteiger partial charge on any atom is -0.223 e. The van der Waals surface area contributed by atoms with Crippen molar-refractivity contribution in [3.8, 4) is 0 Å². The van der Waals surface area contributed by atoms with E-state index in [1.165, 1.54) is 36.8 Å². The van der Waals surface area contributed by atoms with Crippen LogP contribution in [-0.4, -0.2) is 13.7 Å². The van der Waals surface area contributed by atoms with Crippen LogP contribution >= 0.6 is 0 Å². The smallest absolute Gasteiger partial charge is 0.185 e. The van der Waals surface area contributed by atoms with Crippen molar-refractivity contribution in [3.05, 3.63) is 76.9 Å². The first-order valence-electron chi connectivity index (χ1n) is 15.2. The van der Waals surface area contributed by atoms with Crippen LogP contribution in [0.5, 0.6) is 0 Å². The van der Waals surface area contributed by atoms with E-state index in [0.717, 1.165) is 37.2 Å². The second-order valence-corrected chi connectivity index (χ2v) is 15.7. The standard InChI is InChI=1S/C36H54O2S/c1-27(2)15-12-16-28(3)21-23-33(39(37,38)31-18-10-9-11-19-31)30(5)17-13-20-32-29(4)22-24-34-35(6,7)25-14-26-36(32,34)8/h9-11,15,17-19,21-22,32-34H,12-14,16,20,23-26H2,1-8H3/b28-21+,30-17+/t32-,33?,34-,36+/m0/s1. The van der Waals surface area contributed by atoms with Gasteiger partial charge in [0, 0.05) is 0 Å². The van der Waals surface area contributed by atoms with Gasteiger partial charge in [0.25, 0.3) is 0 Å². The van der Waals surface area contributed by atoms with E-state index in [0.29, 0.717) is 28.1 Å². The van der Waals surface area contributed by atoms with Gasteiger partial charge in [0.05, 0.1) is 10.1 Å². The highest BCUT2D eigenvalue weighted by atomic mass is 32.2. The van der Waals surface area contributed by atoms with Crippen molar-refractivity contribution in [1.82, 2.24) is 0 Å². The van der Waals surface area contributed by atoms with Crippen LogP contribution in [0, 0.1) is 22.7 Å². The molecule has 0 aromatic heterocycles. The Bertz CT molecular complexity index is 1190. The average Bonchev–Trinajstić information content (AvgIpc) is 2.85. The molecule has 2 nitrogen and oxygen atoms in total. The molecule has 0 heterocycles. The summed E-state index contributed by atoms with van der Waals surface area (Å²) in [5.41, 5.74) is 5.83. The average molecular weight is 551 g/mol. The van der Waals surface area contributed by atoms with E-state index >= 15 is 0 Å². The van der Waals surface area contributed by atoms with Gasteiger partial charge >= 0.3 is 0 Å². The number of hydrogen-bond acceptors (Lipinski definition) is 2. The monoisotopic (exact) mass is 550 g/mol. The van der Waals surface area contributed by atoms with Crippen LogP contribution in [-0.2, 0) is 9.84 Å². The lowest BCUT2D eigenvalue weighted by molar-refractivity contribution is -0.0388. The quantitative estimate of drug-likeness (QED) is 0.257. The summed E-state index contributed by atoms with van der Waals surface area (Å²) in [6.07, 6.45) is 18.8. The lowest BCUT2D eigenvalue weighted by atomic mass is 9.48. The number of benzene rings is 1. The Morgan fingerprint density at radius 3 is 2.33 bits per heavy atom. The summed E-state index contributed by atoms with van der Waals surface area (Å²) in [5, 5.41) is -0.529. The predicted octanol–water partition coefficient (Wildman–Crippen LogP) is 10.4. The van der Waals surface area contributed by atoms with E-state index in [-0.39, 0.29) is 0 Å². The fourth-order valence-electron chi connectivity index (χ4n) is 7.63. The molecule has 2 aliphatic carbocycles. The molecule has 4 atom stereocenters. The number of allylic oxidation sites excluding steroid dienone is 7. The Labute approximate surface area is 240 Å². The maximum atomic E-state index is 13.8. The first-order chi connectivity index (χ1) is 18.3. The van der Waals surface area contributed by atoms with Crippen LogP contribution in [0.25, 0.3) is 0 Å². The lowest BCUT2D eigenvalue weighted by Gasteiger charge is -2.57. The highest BCUT2D eigenvalue weighted by Gasteiger charge is 2.51. The van der Waals surface area contributed by atoms with Crippen LogP contribution in [0.2, 0.25) is 0 Å². The third-order valence-corrected chi connectivity index (χ3v) is 12.2. The molecule has 0 aliphatic heterocycles. The van der Waals surface area contributed by atoms with Crippen molar-refractivity contribution in [1.29, 1.82) is 0 Å². The molecule has 3 rings (SSSR count). The maximum absolute atomic E-state index is 13.8. The molecule has 0 N–H and O–H groups in total. The summed E-state index contributed by atoms with van der Waals surface area (Å²) >= 11 is 0. The van der Waals surface area contributed by atoms with Crippen molar-refractivity contribution >= 4 is 9.84 Å². The molecule has 3 heteroatoms. The van der Waals surface area contributed by atoms with Crippen LogP contribution in [0.1, 0.15) is 113 Å². The van der Waals surface area contributed by atoms with E-state index in [1.54, 1.807) is 17.7 Å². The Kier molecular flexibility index (Phi) is 10.7. The van der Waals surface area contributed by atoms with E-state index in [4.69, 9.17) is 0 Å². The summed E-state index contributed by atoms with van der Waals surface area (Å²) in [5.74, 6) is 1.30. The molecule has 1 aromatic rings. The van der Waals surface area contributed by atoms with Crippen LogP contribution < -0.4 is 0 Å². The number of fused-ring (bicyclic) bond motifs is 1. The Morgan fingerprint density at radius 2 is 1.67 bits per heavy atom. The topological polar surface area (TPSA) is 34.1 Å². The molecular formula is C36H54O2S. The Morgan fingerprint density at radius 1 is 0.974 bits per heavy atom. The van der Waals surface area contributed by atoms with Crippen LogP contribution in [0.4, 0.5) is 0 Å². The number of rotatable bonds is 11. The van der Waals surface area contributed by atoms with E-state index in [9.17, 15) is 8.42 Å². The summed E-state index contributed by atoms with van der Waals surface area (Å²) in [4.78, 5) is 0.421. The van der Waals surface area contributed by atoms with Crippen molar-refractivity contribution in [2.24, 2.45) is 22.7 Å². The molecule has 2 aliphatic rings. The molecule has 1 aromatic carbocycles. The SMILES string of the molecule is CC(C)=CCC/C(C)=C/CC(/C(C)=C/CC[C@H]1C(C)=CC[C@H]2C(C)(C)CCC[C@]12C)S(=O)(=O)c1ccccc1. The zero-order valence-electron chi connectivity index (χ0n) is 26.0. The number of hydrogen-bond donors (Lipinski definition) is 0. The van der Waals surface area contributed by atoms with E-state index < -0.39 is 15.1 Å². The maximum Gasteiger partial charge on any atom is 0.185 e. The molecule has 1 unspecified atom stereocenters. The Hall–Kier alpha value is -1.87. The van der Waals surface area contributed by atoms with Crippen LogP contribution in [0.15, 0.2) is 81.8 Å². The second kappa shape index (κ2) is 13.2. The van der Waals surface area contributed by atoms with Gasteiger partial charge in [-0.1, -0.05) is 92.0 Å². The minimum absolute atomic E-state index is 0.336. The fourth-order valence-corrected chi connectivity index (χ4v) is 9.43. The summed E-state index contributed by atoms with van der Waals surface area (Å²) in [6.45, 7) is 18.2. The van der Waals surface area contributed by atoms with E-state index in [2.05, 4.69) is 72.8 Å². The molecule has 39 heavy (non-hydrogen) atoms. The van der Waals surface area contributed by atoms with Gasteiger partial charge in [0.15, 0.2) is 9.84 Å². The highest BCUT2D eigenvalue weighted by Crippen LogP contribution is 2.60. The van der Waals surface area contributed by atoms with Crippen molar-refractivity contribution in [3.63, 3.8) is 0 Å². The number of sulfone groups is 1. The van der Waals surface area contributed by atoms with Crippen molar-refractivity contribution in [2.45, 2.75) is 123 Å². The third-order valence-electron chi connectivity index (χ3n) is 9.94. The normalized spacial score (nSPS) is 26.4. The predicted molar refractivity (Wildman–Crippen MR) is 169 cm³/mol. The van der Waals surface area contributed by atoms with Crippen molar-refractivity contribution < 1.29 is 8.42 Å². The van der Waals surface area contributed by atoms with Gasteiger partial charge in [-0.3, -0.25) is 0 Å². The molecule has 0 spiro atoms. The fraction of sp³-hybridized carbons (Fsp3) is 0.611. The zero-order valence-corrected chi connectivity index (χ0v) is 26.8. The highest BCUT2D eigenvalue weighted by molar-refractivity contribution is 7.92. The van der Waals surface area contributed by atoms with Crippen LogP contribution in [0.3, 0.4) is 0 Å². The van der Waals surface area contributed by atoms with Gasteiger partial charge in [0.1, 0.15) is 0 Å². The lowest BCUT2D eigenvalue weighted by Crippen LogP contribution is -2.48. The van der Waals surface area contributed by atoms with E-state index in [1.807, 2.05) is 25.1 Å². The largest absolute Gasteiger partial charge is 0.223 e. The second-order valence-electron chi connectivity index (χ2n) is 13.6. The van der Waals surface area contributed by atoms with Gasteiger partial charge in [-0.05, 0) is 121 Å². The molecule has 0 bridgehead atoms. The summed E-state index contributed by atoms with van der Waals surface area (Å²) < 4.78 is 27.7. The summed E-state index contributed by atoms with van der Waals surface area (Å²) in [7, 11) is -3.48. The van der Waals surface area contributed by atoms with Gasteiger partial charge < -0.3 is 0 Å². The molecular weight excluding hydrogens is 496 g/mol. The van der Waals surface area contributed by atoms with Gasteiger partial charge in [-0.15, -0.1) is 0 Å². The first-order valence-corrected chi connectivity index (χ1v) is 16.7. The molecule has 1 fully saturated rings. The third kappa shape index (κ3) is 7.66. The molecule has 216 valence electrons. The Balaban J connectivity index is 1.82. The molecule has 0 saturated heterocycles. The van der Waals surface area contributed by atoms with Gasteiger partial charge in [-0.2, -0.15) is 0 Å². The zero-order chi connectivity index (χ0) is 28.8. The van der Waals surface area contributed by atoms with Crippen molar-refractivity contribution in [2.75, 3.05) is 0 Å².